The molecule has 0 bridgehead atoms. The van der Waals surface area contributed by atoms with Crippen molar-refractivity contribution in [1.82, 2.24) is 9.36 Å². The number of carbonyl (C=O) groups excluding carboxylic acids is 3. The number of ether oxygens (including phenoxy) is 2. The molecule has 2 aliphatic heterocycles. The van der Waals surface area contributed by atoms with Crippen LogP contribution in [0.25, 0.3) is 5.69 Å². The highest BCUT2D eigenvalue weighted by molar-refractivity contribution is 6.37. The normalized spacial score (nSPS) is 18.7. The second kappa shape index (κ2) is 13.9. The van der Waals surface area contributed by atoms with E-state index in [0.717, 1.165) is 10.6 Å². The molecule has 2 aliphatic rings. The van der Waals surface area contributed by atoms with Gasteiger partial charge in [0.05, 0.1) is 22.5 Å². The number of hydrogen-bond donors (Lipinski definition) is 2. The average Bonchev–Trinajstić information content (AvgIpc) is 3.46. The van der Waals surface area contributed by atoms with Crippen molar-refractivity contribution in [2.24, 2.45) is 13.0 Å². The number of allylic oxidation sites excluding steroid dienone is 1. The average molecular weight is 685 g/mol. The molecular formula is C37H37ClN4O7. The summed E-state index contributed by atoms with van der Waals surface area (Å²) in [6.07, 6.45) is 1.74. The first-order valence-corrected chi connectivity index (χ1v) is 16.5. The summed E-state index contributed by atoms with van der Waals surface area (Å²) in [4.78, 5) is 55.3. The van der Waals surface area contributed by atoms with Gasteiger partial charge in [-0.25, -0.2) is 9.58 Å². The summed E-state index contributed by atoms with van der Waals surface area (Å²) in [5, 5.41) is 12.9. The second-order valence-corrected chi connectivity index (χ2v) is 12.5. The maximum absolute atomic E-state index is 14.1. The van der Waals surface area contributed by atoms with Crippen molar-refractivity contribution in [2.45, 2.75) is 45.8 Å². The fourth-order valence-corrected chi connectivity index (χ4v) is 6.85. The Morgan fingerprint density at radius 2 is 1.73 bits per heavy atom. The van der Waals surface area contributed by atoms with Crippen LogP contribution < -0.4 is 15.8 Å². The van der Waals surface area contributed by atoms with Gasteiger partial charge in [-0.05, 0) is 93.8 Å². The van der Waals surface area contributed by atoms with E-state index in [1.807, 2.05) is 51.2 Å². The van der Waals surface area contributed by atoms with E-state index in [9.17, 15) is 24.3 Å². The number of imide groups is 1. The number of aliphatic hydroxyl groups is 1. The number of halogens is 1. The van der Waals surface area contributed by atoms with Crippen LogP contribution in [0.4, 0.5) is 11.4 Å². The summed E-state index contributed by atoms with van der Waals surface area (Å²) >= 11 is 6.07. The maximum atomic E-state index is 14.1. The third kappa shape index (κ3) is 6.21. The van der Waals surface area contributed by atoms with Gasteiger partial charge in [0.1, 0.15) is 0 Å². The molecule has 254 valence electrons. The summed E-state index contributed by atoms with van der Waals surface area (Å²) in [6.45, 7) is 5.68. The smallest absolute Gasteiger partial charge is 0.290 e. The molecule has 12 heteroatoms. The highest BCUT2D eigenvalue weighted by Crippen LogP contribution is 2.40. The highest BCUT2D eigenvalue weighted by atomic mass is 35.5. The van der Waals surface area contributed by atoms with Crippen LogP contribution in [0.3, 0.4) is 0 Å². The minimum Gasteiger partial charge on any atom is -0.459 e. The Bertz CT molecular complexity index is 2030. The fourth-order valence-electron chi connectivity index (χ4n) is 6.68. The fraction of sp³-hybridized carbons (Fsp3) is 0.297. The van der Waals surface area contributed by atoms with E-state index in [2.05, 4.69) is 5.32 Å². The number of amides is 3. The van der Waals surface area contributed by atoms with Crippen LogP contribution in [0.5, 0.6) is 0 Å². The van der Waals surface area contributed by atoms with Crippen molar-refractivity contribution >= 4 is 40.7 Å². The largest absolute Gasteiger partial charge is 0.459 e. The van der Waals surface area contributed by atoms with Crippen LogP contribution in [-0.4, -0.2) is 51.7 Å². The molecule has 1 aromatic heterocycles. The maximum Gasteiger partial charge on any atom is 0.290 e. The van der Waals surface area contributed by atoms with Gasteiger partial charge in [0.15, 0.2) is 5.76 Å². The monoisotopic (exact) mass is 684 g/mol. The molecule has 49 heavy (non-hydrogen) atoms. The zero-order valence-electron chi connectivity index (χ0n) is 27.6. The Hall–Kier alpha value is -4.97. The Morgan fingerprint density at radius 1 is 1.00 bits per heavy atom. The number of para-hydroxylation sites is 1. The third-order valence-corrected chi connectivity index (χ3v) is 9.35. The lowest BCUT2D eigenvalue weighted by Crippen LogP contribution is -2.39. The molecule has 0 spiro atoms. The molecule has 0 fully saturated rings. The number of hydrogen-bond acceptors (Lipinski definition) is 7. The van der Waals surface area contributed by atoms with Crippen molar-refractivity contribution < 1.29 is 29.0 Å². The molecule has 3 heterocycles. The minimum atomic E-state index is -0.858. The molecule has 4 aromatic rings. The Kier molecular flexibility index (Phi) is 9.60. The number of nitrogens with one attached hydrogen (secondary N) is 1. The lowest BCUT2D eigenvalue weighted by atomic mass is 9.80. The van der Waals surface area contributed by atoms with Crippen molar-refractivity contribution in [3.05, 3.63) is 122 Å². The zero-order valence-corrected chi connectivity index (χ0v) is 28.4. The second-order valence-electron chi connectivity index (χ2n) is 12.1. The molecule has 0 saturated heterocycles. The molecule has 6 rings (SSSR count). The number of anilines is 2. The molecule has 3 amide bonds. The van der Waals surface area contributed by atoms with Gasteiger partial charge in [-0.15, -0.1) is 0 Å². The predicted octanol–water partition coefficient (Wildman–Crippen LogP) is 5.63. The molecular weight excluding hydrogens is 648 g/mol. The van der Waals surface area contributed by atoms with Gasteiger partial charge in [0.25, 0.3) is 23.3 Å². The number of aryl methyl sites for hydroxylation is 1. The number of aliphatic hydroxyl groups excluding tert-OH is 1. The topological polar surface area (TPSA) is 132 Å². The Morgan fingerprint density at radius 3 is 2.43 bits per heavy atom. The molecule has 3 atom stereocenters. The van der Waals surface area contributed by atoms with Gasteiger partial charge in [-0.2, -0.15) is 0 Å². The van der Waals surface area contributed by atoms with Crippen molar-refractivity contribution in [1.29, 1.82) is 0 Å². The molecule has 3 aromatic carbocycles. The lowest BCUT2D eigenvalue weighted by molar-refractivity contribution is -0.165. The van der Waals surface area contributed by atoms with E-state index < -0.39 is 29.9 Å². The van der Waals surface area contributed by atoms with Crippen LogP contribution in [-0.2, 0) is 21.3 Å². The van der Waals surface area contributed by atoms with Gasteiger partial charge >= 0.3 is 0 Å². The van der Waals surface area contributed by atoms with Crippen molar-refractivity contribution in [3.8, 4) is 5.69 Å². The number of nitrogens with zero attached hydrogens (tertiary/aromatic N) is 3. The standard InChI is InChI=1S/C37H37ClN4O7/c1-5-48-37-27(12-9-17-43)28(32-22(3)40(4)42(36(32)47)25-10-7-6-8-11-25)20-31(49-37)33(44)39-24-14-16-30(21(2)18-24)41-34(45)26-15-13-23(38)19-29(26)35(41)46/h6-8,10-11,13-16,18-20,27-28,37,43H,5,9,12,17H2,1-4H3,(H,39,44)/t27-,28+,37-/m0/s1. The number of fused-ring (bicyclic) bond motifs is 1. The number of benzene rings is 3. The van der Waals surface area contributed by atoms with Crippen LogP contribution in [0.1, 0.15) is 63.2 Å². The molecule has 0 unspecified atom stereocenters. The summed E-state index contributed by atoms with van der Waals surface area (Å²) in [6, 6.07) is 18.7. The third-order valence-electron chi connectivity index (χ3n) is 9.11. The Balaban J connectivity index is 1.33. The van der Waals surface area contributed by atoms with E-state index in [-0.39, 0.29) is 35.0 Å². The number of aromatic nitrogens is 2. The van der Waals surface area contributed by atoms with Gasteiger partial charge in [0.2, 0.25) is 6.29 Å². The minimum absolute atomic E-state index is 0.0171. The molecule has 0 saturated carbocycles. The number of carbonyl (C=O) groups is 3. The van der Waals surface area contributed by atoms with E-state index in [1.165, 1.54) is 12.1 Å². The van der Waals surface area contributed by atoms with E-state index >= 15 is 0 Å². The lowest BCUT2D eigenvalue weighted by Gasteiger charge is -2.36. The molecule has 11 nitrogen and oxygen atoms in total. The van der Waals surface area contributed by atoms with Gasteiger partial charge < -0.3 is 19.9 Å². The van der Waals surface area contributed by atoms with E-state index in [4.69, 9.17) is 21.1 Å². The van der Waals surface area contributed by atoms with Crippen LogP contribution >= 0.6 is 11.6 Å². The predicted molar refractivity (Wildman–Crippen MR) is 185 cm³/mol. The molecule has 0 aliphatic carbocycles. The van der Waals surface area contributed by atoms with Gasteiger partial charge in [-0.1, -0.05) is 29.8 Å². The highest BCUT2D eigenvalue weighted by Gasteiger charge is 2.41. The summed E-state index contributed by atoms with van der Waals surface area (Å²) in [5.74, 6) is -2.44. The summed E-state index contributed by atoms with van der Waals surface area (Å²) in [5.41, 5.74) is 3.58. The quantitative estimate of drug-likeness (QED) is 0.207. The van der Waals surface area contributed by atoms with Gasteiger partial charge in [-0.3, -0.25) is 23.9 Å². The van der Waals surface area contributed by atoms with Crippen molar-refractivity contribution in [3.63, 3.8) is 0 Å². The summed E-state index contributed by atoms with van der Waals surface area (Å²) in [7, 11) is 1.82. The SMILES string of the molecule is CCO[C@H]1OC(C(=O)Nc2ccc(N3C(=O)c4ccc(Cl)cc4C3=O)c(C)c2)=C[C@@H](c2c(C)n(C)n(-c3ccccc3)c2=O)[C@@H]1CCCO. The first kappa shape index (κ1) is 33.9. The molecule has 2 N–H and O–H groups in total. The van der Waals surface area contributed by atoms with Gasteiger partial charge in [0, 0.05) is 54.1 Å². The Labute approximate surface area is 288 Å². The van der Waals surface area contributed by atoms with E-state index in [1.54, 1.807) is 46.6 Å². The van der Waals surface area contributed by atoms with Crippen molar-refractivity contribution in [2.75, 3.05) is 23.4 Å². The first-order chi connectivity index (χ1) is 23.5. The first-order valence-electron chi connectivity index (χ1n) is 16.1. The van der Waals surface area contributed by atoms with Crippen LogP contribution in [0.2, 0.25) is 5.02 Å². The van der Waals surface area contributed by atoms with Crippen LogP contribution in [0, 0.1) is 19.8 Å². The summed E-state index contributed by atoms with van der Waals surface area (Å²) < 4.78 is 15.5. The molecule has 0 radical (unpaired) electrons. The van der Waals surface area contributed by atoms with E-state index in [0.29, 0.717) is 52.7 Å². The van der Waals surface area contributed by atoms with Crippen LogP contribution in [0.15, 0.2) is 83.4 Å². The number of rotatable bonds is 10. The zero-order chi connectivity index (χ0) is 35.0.